The van der Waals surface area contributed by atoms with Crippen LogP contribution >= 0.6 is 0 Å². The third-order valence-corrected chi connectivity index (χ3v) is 2.02. The number of benzene rings is 1. The number of aliphatic hydroxyl groups is 2. The summed E-state index contributed by atoms with van der Waals surface area (Å²) >= 11 is 0. The number of ether oxygens (including phenoxy) is 1. The molecule has 17 heavy (non-hydrogen) atoms. The van der Waals surface area contributed by atoms with E-state index in [0.717, 1.165) is 0 Å². The standard InChI is InChI=1S/C11H16N2O4/c12-9-3-1-2-4-10(9)17-7-11(16)13-5-8(15)6-14/h1-4,8,14-15H,5-7,12H2,(H,13,16). The van der Waals surface area contributed by atoms with Crippen LogP contribution in [0, 0.1) is 0 Å². The van der Waals surface area contributed by atoms with Gasteiger partial charge >= 0.3 is 0 Å². The fourth-order valence-electron chi connectivity index (χ4n) is 1.10. The Balaban J connectivity index is 2.31. The van der Waals surface area contributed by atoms with Crippen LogP contribution in [0.3, 0.4) is 0 Å². The van der Waals surface area contributed by atoms with Gasteiger partial charge in [0.1, 0.15) is 5.75 Å². The molecule has 6 heteroatoms. The molecule has 1 amide bonds. The van der Waals surface area contributed by atoms with Crippen molar-refractivity contribution in [2.75, 3.05) is 25.5 Å². The molecule has 5 N–H and O–H groups in total. The van der Waals surface area contributed by atoms with Crippen LogP contribution in [-0.4, -0.2) is 42.0 Å². The van der Waals surface area contributed by atoms with Gasteiger partial charge in [-0.1, -0.05) is 12.1 Å². The molecule has 94 valence electrons. The van der Waals surface area contributed by atoms with Crippen LogP contribution in [-0.2, 0) is 4.79 Å². The van der Waals surface area contributed by atoms with Crippen molar-refractivity contribution in [2.45, 2.75) is 6.10 Å². The maximum atomic E-state index is 11.3. The number of amides is 1. The highest BCUT2D eigenvalue weighted by Gasteiger charge is 2.07. The Morgan fingerprint density at radius 1 is 1.47 bits per heavy atom. The van der Waals surface area contributed by atoms with E-state index in [-0.39, 0.29) is 19.1 Å². The molecule has 0 heterocycles. The molecular formula is C11H16N2O4. The lowest BCUT2D eigenvalue weighted by Gasteiger charge is -2.10. The first-order valence-electron chi connectivity index (χ1n) is 5.16. The smallest absolute Gasteiger partial charge is 0.258 e. The molecule has 6 nitrogen and oxygen atoms in total. The number of carbonyl (C=O) groups excluding carboxylic acids is 1. The minimum atomic E-state index is -0.958. The van der Waals surface area contributed by atoms with E-state index in [1.165, 1.54) is 0 Å². The van der Waals surface area contributed by atoms with Gasteiger partial charge in [-0.15, -0.1) is 0 Å². The zero-order chi connectivity index (χ0) is 12.7. The summed E-state index contributed by atoms with van der Waals surface area (Å²) < 4.78 is 5.18. The van der Waals surface area contributed by atoms with Gasteiger partial charge in [-0.05, 0) is 12.1 Å². The molecule has 1 aromatic rings. The molecule has 0 saturated heterocycles. The average molecular weight is 240 g/mol. The first-order valence-corrected chi connectivity index (χ1v) is 5.16. The molecule has 1 rings (SSSR count). The van der Waals surface area contributed by atoms with Crippen LogP contribution in [0.25, 0.3) is 0 Å². The fraction of sp³-hybridized carbons (Fsp3) is 0.364. The fourth-order valence-corrected chi connectivity index (χ4v) is 1.10. The molecule has 0 fully saturated rings. The Labute approximate surface area is 99.0 Å². The maximum absolute atomic E-state index is 11.3. The number of nitrogens with one attached hydrogen (secondary N) is 1. The molecule has 0 saturated carbocycles. The van der Waals surface area contributed by atoms with Gasteiger partial charge in [0.25, 0.3) is 5.91 Å². The SMILES string of the molecule is Nc1ccccc1OCC(=O)NCC(O)CO. The van der Waals surface area contributed by atoms with Crippen LogP contribution in [0.15, 0.2) is 24.3 Å². The normalized spacial score (nSPS) is 11.9. The van der Waals surface area contributed by atoms with Gasteiger partial charge in [0.2, 0.25) is 0 Å². The average Bonchev–Trinajstić information content (AvgIpc) is 2.35. The van der Waals surface area contributed by atoms with Crippen molar-refractivity contribution in [3.63, 3.8) is 0 Å². The van der Waals surface area contributed by atoms with Crippen molar-refractivity contribution in [1.82, 2.24) is 5.32 Å². The Morgan fingerprint density at radius 3 is 2.82 bits per heavy atom. The molecule has 0 bridgehead atoms. The Bertz CT molecular complexity index is 370. The van der Waals surface area contributed by atoms with Crippen LogP contribution in [0.2, 0.25) is 0 Å². The molecule has 0 aliphatic carbocycles. The number of rotatable bonds is 6. The zero-order valence-electron chi connectivity index (χ0n) is 9.30. The van der Waals surface area contributed by atoms with Gasteiger partial charge in [0.15, 0.2) is 6.61 Å². The number of carbonyl (C=O) groups is 1. The van der Waals surface area contributed by atoms with E-state index in [2.05, 4.69) is 5.32 Å². The molecule has 0 spiro atoms. The Morgan fingerprint density at radius 2 is 2.18 bits per heavy atom. The predicted molar refractivity (Wildman–Crippen MR) is 62.5 cm³/mol. The monoisotopic (exact) mass is 240 g/mol. The van der Waals surface area contributed by atoms with Gasteiger partial charge < -0.3 is 26.0 Å². The molecule has 0 aliphatic rings. The third kappa shape index (κ3) is 4.71. The molecule has 0 radical (unpaired) electrons. The number of para-hydroxylation sites is 2. The first-order chi connectivity index (χ1) is 8.13. The quantitative estimate of drug-likeness (QED) is 0.483. The van der Waals surface area contributed by atoms with E-state index in [9.17, 15) is 4.79 Å². The van der Waals surface area contributed by atoms with E-state index in [4.69, 9.17) is 20.7 Å². The minimum Gasteiger partial charge on any atom is -0.482 e. The summed E-state index contributed by atoms with van der Waals surface area (Å²) in [5.41, 5.74) is 6.08. The lowest BCUT2D eigenvalue weighted by Crippen LogP contribution is -2.36. The van der Waals surface area contributed by atoms with Crippen LogP contribution < -0.4 is 15.8 Å². The van der Waals surface area contributed by atoms with Gasteiger partial charge in [-0.25, -0.2) is 0 Å². The van der Waals surface area contributed by atoms with E-state index < -0.39 is 12.7 Å². The van der Waals surface area contributed by atoms with Crippen molar-refractivity contribution in [3.8, 4) is 5.75 Å². The molecular weight excluding hydrogens is 224 g/mol. The summed E-state index contributed by atoms with van der Waals surface area (Å²) in [6.45, 7) is -0.595. The van der Waals surface area contributed by atoms with Gasteiger partial charge in [0.05, 0.1) is 18.4 Å². The Kier molecular flexibility index (Phi) is 5.25. The van der Waals surface area contributed by atoms with Gasteiger partial charge in [0, 0.05) is 6.54 Å². The van der Waals surface area contributed by atoms with E-state index in [1.54, 1.807) is 24.3 Å². The highest BCUT2D eigenvalue weighted by molar-refractivity contribution is 5.77. The van der Waals surface area contributed by atoms with Crippen molar-refractivity contribution in [2.24, 2.45) is 0 Å². The van der Waals surface area contributed by atoms with Crippen molar-refractivity contribution in [1.29, 1.82) is 0 Å². The number of nitrogen functional groups attached to an aromatic ring is 1. The summed E-state index contributed by atoms with van der Waals surface area (Å²) in [5, 5.41) is 20.0. The number of aliphatic hydroxyl groups excluding tert-OH is 2. The topological polar surface area (TPSA) is 105 Å². The summed E-state index contributed by atoms with van der Waals surface area (Å²) in [4.78, 5) is 11.3. The predicted octanol–water partition coefficient (Wildman–Crippen LogP) is -0.883. The molecule has 1 aromatic carbocycles. The summed E-state index contributed by atoms with van der Waals surface area (Å²) in [5.74, 6) is 0.0473. The van der Waals surface area contributed by atoms with Gasteiger partial charge in [-0.2, -0.15) is 0 Å². The molecule has 1 unspecified atom stereocenters. The van der Waals surface area contributed by atoms with Crippen LogP contribution in [0.4, 0.5) is 5.69 Å². The summed E-state index contributed by atoms with van der Waals surface area (Å²) in [6, 6.07) is 6.84. The third-order valence-electron chi connectivity index (χ3n) is 2.02. The van der Waals surface area contributed by atoms with Crippen molar-refractivity contribution in [3.05, 3.63) is 24.3 Å². The highest BCUT2D eigenvalue weighted by Crippen LogP contribution is 2.19. The lowest BCUT2D eigenvalue weighted by molar-refractivity contribution is -0.123. The second-order valence-electron chi connectivity index (χ2n) is 3.47. The number of anilines is 1. The maximum Gasteiger partial charge on any atom is 0.258 e. The second-order valence-corrected chi connectivity index (χ2v) is 3.47. The first kappa shape index (κ1) is 13.3. The van der Waals surface area contributed by atoms with Crippen molar-refractivity contribution >= 4 is 11.6 Å². The minimum absolute atomic E-state index is 0.0109. The van der Waals surface area contributed by atoms with E-state index >= 15 is 0 Å². The molecule has 1 atom stereocenters. The number of hydrogen-bond donors (Lipinski definition) is 4. The van der Waals surface area contributed by atoms with Gasteiger partial charge in [-0.3, -0.25) is 4.79 Å². The van der Waals surface area contributed by atoms with E-state index in [0.29, 0.717) is 11.4 Å². The molecule has 0 aliphatic heterocycles. The highest BCUT2D eigenvalue weighted by atomic mass is 16.5. The number of hydrogen-bond acceptors (Lipinski definition) is 5. The second kappa shape index (κ2) is 6.72. The van der Waals surface area contributed by atoms with E-state index in [1.807, 2.05) is 0 Å². The Hall–Kier alpha value is -1.79. The largest absolute Gasteiger partial charge is 0.482 e. The molecule has 0 aromatic heterocycles. The van der Waals surface area contributed by atoms with Crippen LogP contribution in [0.5, 0.6) is 5.75 Å². The van der Waals surface area contributed by atoms with Crippen LogP contribution in [0.1, 0.15) is 0 Å². The zero-order valence-corrected chi connectivity index (χ0v) is 9.30. The van der Waals surface area contributed by atoms with Crippen molar-refractivity contribution < 1.29 is 19.7 Å². The summed E-state index contributed by atoms with van der Waals surface area (Å²) in [6.07, 6.45) is -0.958. The summed E-state index contributed by atoms with van der Waals surface area (Å²) in [7, 11) is 0. The lowest BCUT2D eigenvalue weighted by atomic mass is 10.3. The number of nitrogens with two attached hydrogens (primary N) is 1.